The Morgan fingerprint density at radius 1 is 1.58 bits per heavy atom. The van der Waals surface area contributed by atoms with E-state index in [9.17, 15) is 4.79 Å². The monoisotopic (exact) mass is 452 g/mol. The summed E-state index contributed by atoms with van der Waals surface area (Å²) in [6, 6.07) is 1.63. The first-order valence-electron chi connectivity index (χ1n) is 5.25. The van der Waals surface area contributed by atoms with Gasteiger partial charge in [0.15, 0.2) is 5.82 Å². The fraction of sp³-hybridized carbons (Fsp3) is 0.182. The molecule has 0 amide bonds. The third kappa shape index (κ3) is 3.61. The highest BCUT2D eigenvalue weighted by molar-refractivity contribution is 14.2. The maximum Gasteiger partial charge on any atom is 0.239 e. The molecule has 0 atom stereocenters. The number of Topliss-reactive ketones (excluding diaryl/α,β-unsaturated/α-hetero) is 1. The first kappa shape index (κ1) is 16.3. The van der Waals surface area contributed by atoms with Gasteiger partial charge >= 0.3 is 0 Å². The lowest BCUT2D eigenvalue weighted by molar-refractivity contribution is 0.105. The number of rotatable bonds is 1. The van der Waals surface area contributed by atoms with Gasteiger partial charge in [0.1, 0.15) is 16.4 Å². The number of halogens is 2. The lowest BCUT2D eigenvalue weighted by atomic mass is 10.2. The summed E-state index contributed by atoms with van der Waals surface area (Å²) in [5.41, 5.74) is 6.60. The molecule has 0 aliphatic heterocycles. The quantitative estimate of drug-likeness (QED) is 0.408. The van der Waals surface area contributed by atoms with Crippen LogP contribution in [0.5, 0.6) is 0 Å². The van der Waals surface area contributed by atoms with Crippen LogP contribution in [0, 0.1) is 11.2 Å². The zero-order chi connectivity index (χ0) is 14.4. The maximum atomic E-state index is 11.8. The van der Waals surface area contributed by atoms with Crippen LogP contribution in [0.2, 0.25) is 0 Å². The number of nitrogens with zero attached hydrogens (tertiary/aromatic N) is 3. The summed E-state index contributed by atoms with van der Waals surface area (Å²) in [6.45, 7) is 4.00. The highest BCUT2D eigenvalue weighted by Gasteiger charge is 2.16. The highest BCUT2D eigenvalue weighted by atomic mass is 127. The van der Waals surface area contributed by atoms with Gasteiger partial charge in [-0.1, -0.05) is 13.8 Å². The molecule has 2 rings (SSSR count). The van der Waals surface area contributed by atoms with E-state index in [1.807, 2.05) is 35.1 Å². The lowest BCUT2D eigenvalue weighted by Gasteiger charge is -1.98. The van der Waals surface area contributed by atoms with E-state index in [2.05, 4.69) is 37.2 Å². The number of anilines is 1. The van der Waals surface area contributed by atoms with Gasteiger partial charge in [0.2, 0.25) is 5.78 Å². The van der Waals surface area contributed by atoms with E-state index in [1.165, 1.54) is 19.8 Å². The zero-order valence-electron chi connectivity index (χ0n) is 10.1. The first-order valence-corrected chi connectivity index (χ1v) is 9.41. The van der Waals surface area contributed by atoms with Crippen molar-refractivity contribution in [3.8, 4) is 11.2 Å². The molecule has 0 saturated carbocycles. The molecule has 2 aromatic heterocycles. The minimum atomic E-state index is -0.307. The number of carbonyl (C=O) groups is 1. The molecule has 0 aliphatic rings. The normalized spacial score (nSPS) is 9.26. The van der Waals surface area contributed by atoms with Crippen LogP contribution >= 0.6 is 46.1 Å². The van der Waals surface area contributed by atoms with Crippen molar-refractivity contribution in [1.82, 2.24) is 14.6 Å². The van der Waals surface area contributed by atoms with E-state index >= 15 is 0 Å². The number of nitrogens with two attached hydrogens (primary N) is 1. The molecule has 100 valence electrons. The van der Waals surface area contributed by atoms with E-state index in [-0.39, 0.29) is 11.6 Å². The van der Waals surface area contributed by atoms with Crippen molar-refractivity contribution in [2.24, 2.45) is 0 Å². The number of fused-ring (bicyclic) bond motifs is 1. The van der Waals surface area contributed by atoms with Gasteiger partial charge in [0, 0.05) is 21.2 Å². The van der Waals surface area contributed by atoms with Gasteiger partial charge in [-0.3, -0.25) is 4.79 Å². The summed E-state index contributed by atoms with van der Waals surface area (Å²) < 4.78 is 2.14. The van der Waals surface area contributed by atoms with Gasteiger partial charge in [-0.2, -0.15) is 5.10 Å². The second kappa shape index (κ2) is 7.72. The van der Waals surface area contributed by atoms with Crippen LogP contribution in [0.1, 0.15) is 24.2 Å². The Morgan fingerprint density at radius 2 is 2.26 bits per heavy atom. The molecular formula is C11H10BrIN4OS. The van der Waals surface area contributed by atoms with Crippen LogP contribution in [-0.2, 0) is 0 Å². The molecule has 0 spiro atoms. The third-order valence-corrected chi connectivity index (χ3v) is 3.39. The lowest BCUT2D eigenvalue weighted by Crippen LogP contribution is -2.02. The second-order valence-corrected chi connectivity index (χ2v) is 5.41. The van der Waals surface area contributed by atoms with Crippen molar-refractivity contribution in [2.75, 3.05) is 5.73 Å². The van der Waals surface area contributed by atoms with Crippen LogP contribution in [0.25, 0.3) is 5.52 Å². The van der Waals surface area contributed by atoms with Crippen LogP contribution < -0.4 is 5.73 Å². The number of ketones is 1. The van der Waals surface area contributed by atoms with Crippen molar-refractivity contribution in [3.05, 3.63) is 22.6 Å². The second-order valence-electron chi connectivity index (χ2n) is 2.92. The molecule has 0 fully saturated rings. The SMILES string of the molecule is CC.Nc1ncnn2c(Br)cc(C(=O)C#CSI)c12. The van der Waals surface area contributed by atoms with Crippen molar-refractivity contribution < 1.29 is 4.79 Å². The average molecular weight is 453 g/mol. The molecule has 2 N–H and O–H groups in total. The van der Waals surface area contributed by atoms with Crippen molar-refractivity contribution in [2.45, 2.75) is 13.8 Å². The third-order valence-electron chi connectivity index (χ3n) is 1.99. The molecule has 8 heteroatoms. The fourth-order valence-corrected chi connectivity index (χ4v) is 2.30. The molecule has 0 unspecified atom stereocenters. The van der Waals surface area contributed by atoms with E-state index in [1.54, 1.807) is 6.07 Å². The van der Waals surface area contributed by atoms with Crippen LogP contribution in [0.4, 0.5) is 5.82 Å². The summed E-state index contributed by atoms with van der Waals surface area (Å²) in [4.78, 5) is 15.7. The molecule has 0 saturated heterocycles. The molecular weight excluding hydrogens is 443 g/mol. The predicted molar refractivity (Wildman–Crippen MR) is 90.2 cm³/mol. The maximum absolute atomic E-state index is 11.8. The van der Waals surface area contributed by atoms with Crippen molar-refractivity contribution in [1.29, 1.82) is 0 Å². The molecule has 5 nitrogen and oxygen atoms in total. The van der Waals surface area contributed by atoms with Crippen LogP contribution in [-0.4, -0.2) is 20.4 Å². The molecule has 0 radical (unpaired) electrons. The van der Waals surface area contributed by atoms with Gasteiger partial charge < -0.3 is 5.73 Å². The molecule has 0 aliphatic carbocycles. The van der Waals surface area contributed by atoms with E-state index in [0.717, 1.165) is 0 Å². The predicted octanol–water partition coefficient (Wildman–Crippen LogP) is 3.33. The van der Waals surface area contributed by atoms with Gasteiger partial charge in [-0.15, -0.1) is 0 Å². The number of nitrogen functional groups attached to an aromatic ring is 1. The molecule has 0 aromatic carbocycles. The Bertz CT molecular complexity index is 662. The fourth-order valence-electron chi connectivity index (χ4n) is 1.34. The Morgan fingerprint density at radius 3 is 2.89 bits per heavy atom. The smallest absolute Gasteiger partial charge is 0.239 e. The van der Waals surface area contributed by atoms with Gasteiger partial charge in [-0.05, 0) is 42.1 Å². The summed E-state index contributed by atoms with van der Waals surface area (Å²) in [7, 11) is 1.25. The van der Waals surface area contributed by atoms with Crippen LogP contribution in [0.15, 0.2) is 17.0 Å². The van der Waals surface area contributed by atoms with Gasteiger partial charge in [0.05, 0.1) is 5.56 Å². The Labute approximate surface area is 135 Å². The zero-order valence-corrected chi connectivity index (χ0v) is 14.7. The first-order chi connectivity index (χ1) is 9.15. The Kier molecular flexibility index (Phi) is 6.60. The number of carbonyl (C=O) groups excluding carboxylic acids is 1. The molecule has 2 heterocycles. The van der Waals surface area contributed by atoms with Gasteiger partial charge in [-0.25, -0.2) is 9.50 Å². The summed E-state index contributed by atoms with van der Waals surface area (Å²) >= 11 is 5.30. The van der Waals surface area contributed by atoms with Crippen molar-refractivity contribution in [3.63, 3.8) is 0 Å². The topological polar surface area (TPSA) is 73.3 Å². The average Bonchev–Trinajstić information content (AvgIpc) is 2.77. The van der Waals surface area contributed by atoms with Gasteiger partial charge in [0.25, 0.3) is 0 Å². The minimum absolute atomic E-state index is 0.248. The largest absolute Gasteiger partial charge is 0.382 e. The standard InChI is InChI=1S/C9H4BrIN4OS.C2H6/c10-7-3-5(6(16)1-2-17-11)8-9(12)13-4-14-15(7)8;1-2/h3-4H,(H2,12,13,14);1-2H3. The molecule has 19 heavy (non-hydrogen) atoms. The molecule has 0 bridgehead atoms. The summed E-state index contributed by atoms with van der Waals surface area (Å²) in [5, 5.41) is 6.63. The van der Waals surface area contributed by atoms with E-state index in [0.29, 0.717) is 15.7 Å². The number of aromatic nitrogens is 3. The van der Waals surface area contributed by atoms with E-state index < -0.39 is 0 Å². The minimum Gasteiger partial charge on any atom is -0.382 e. The highest BCUT2D eigenvalue weighted by Crippen LogP contribution is 2.23. The number of hydrogen-bond acceptors (Lipinski definition) is 5. The summed E-state index contributed by atoms with van der Waals surface area (Å²) in [5.74, 6) is 2.44. The van der Waals surface area contributed by atoms with Crippen molar-refractivity contribution >= 4 is 63.2 Å². The molecule has 2 aromatic rings. The Balaban J connectivity index is 0.000000861. The van der Waals surface area contributed by atoms with Crippen LogP contribution in [0.3, 0.4) is 0 Å². The number of hydrogen-bond donors (Lipinski definition) is 1. The summed E-state index contributed by atoms with van der Waals surface area (Å²) in [6.07, 6.45) is 1.33. The van der Waals surface area contributed by atoms with E-state index in [4.69, 9.17) is 5.73 Å². The Hall–Kier alpha value is -0.790.